The number of nitrogens with one attached hydrogen (secondary N) is 1. The van der Waals surface area contributed by atoms with Crippen molar-refractivity contribution in [3.8, 4) is 5.75 Å². The summed E-state index contributed by atoms with van der Waals surface area (Å²) >= 11 is 12.2. The summed E-state index contributed by atoms with van der Waals surface area (Å²) in [4.78, 5) is 27.8. The number of ether oxygens (including phenoxy) is 2. The van der Waals surface area contributed by atoms with Crippen molar-refractivity contribution in [3.63, 3.8) is 0 Å². The summed E-state index contributed by atoms with van der Waals surface area (Å²) in [5, 5.41) is 4.14. The Morgan fingerprint density at radius 3 is 2.70 bits per heavy atom. The second-order valence-corrected chi connectivity index (χ2v) is 10.9. The predicted octanol–water partition coefficient (Wildman–Crippen LogP) is 5.34. The quantitative estimate of drug-likeness (QED) is 0.358. The van der Waals surface area contributed by atoms with Gasteiger partial charge < -0.3 is 14.8 Å². The van der Waals surface area contributed by atoms with Crippen molar-refractivity contribution in [1.29, 1.82) is 0 Å². The molecule has 3 atom stereocenters. The third-order valence-electron chi connectivity index (χ3n) is 7.76. The van der Waals surface area contributed by atoms with Crippen LogP contribution in [-0.2, 0) is 26.2 Å². The molecule has 4 rings (SSSR count). The van der Waals surface area contributed by atoms with Gasteiger partial charge in [-0.2, -0.15) is 0 Å². The van der Waals surface area contributed by atoms with Crippen LogP contribution in [0.25, 0.3) is 0 Å². The summed E-state index contributed by atoms with van der Waals surface area (Å²) < 4.78 is 11.8. The van der Waals surface area contributed by atoms with E-state index < -0.39 is 11.0 Å². The van der Waals surface area contributed by atoms with E-state index in [2.05, 4.69) is 22.9 Å². The first-order valence-corrected chi connectivity index (χ1v) is 13.4. The van der Waals surface area contributed by atoms with Crippen molar-refractivity contribution in [3.05, 3.63) is 76.3 Å². The zero-order valence-electron chi connectivity index (χ0n) is 21.4. The summed E-state index contributed by atoms with van der Waals surface area (Å²) in [6.45, 7) is 7.54. The summed E-state index contributed by atoms with van der Waals surface area (Å²) in [5.41, 5.74) is 0.661. The Labute approximate surface area is 228 Å². The number of fused-ring (bicyclic) bond motifs is 1. The van der Waals surface area contributed by atoms with Crippen molar-refractivity contribution < 1.29 is 19.1 Å². The van der Waals surface area contributed by atoms with Crippen LogP contribution in [-0.4, -0.2) is 55.2 Å². The monoisotopic (exact) mass is 544 g/mol. The highest BCUT2D eigenvalue weighted by atomic mass is 35.5. The number of esters is 1. The van der Waals surface area contributed by atoms with Gasteiger partial charge in [0.1, 0.15) is 11.4 Å². The predicted molar refractivity (Wildman–Crippen MR) is 146 cm³/mol. The molecule has 6 nitrogen and oxygen atoms in total. The van der Waals surface area contributed by atoms with Gasteiger partial charge >= 0.3 is 5.97 Å². The third-order valence-corrected chi connectivity index (χ3v) is 8.50. The number of carbonyl (C=O) groups excluding carboxylic acids is 2. The summed E-state index contributed by atoms with van der Waals surface area (Å²) in [6.07, 6.45) is 4.86. The average Bonchev–Trinajstić information content (AvgIpc) is 2.86. The van der Waals surface area contributed by atoms with Crippen LogP contribution in [0.1, 0.15) is 43.7 Å². The zero-order valence-corrected chi connectivity index (χ0v) is 22.9. The van der Waals surface area contributed by atoms with Crippen molar-refractivity contribution in [2.45, 2.75) is 56.1 Å². The number of rotatable bonds is 8. The molecule has 0 aromatic heterocycles. The number of amides is 1. The van der Waals surface area contributed by atoms with Gasteiger partial charge in [-0.1, -0.05) is 47.5 Å². The standard InChI is InChI=1S/C29H34Cl2N2O4/c1-4-13-33-14-12-28(22-6-5-7-24(17-22)36-3)18-23(10-11-29(28,19-33)37-20(2)34)32-27(35)16-21-8-9-25(30)26(31)15-21/h4-9,15,17,23H,1,10-14,16,18-19H2,2-3H3,(H,32,35)/t23-,28?,29?/m0/s1. The lowest BCUT2D eigenvalue weighted by molar-refractivity contribution is -0.186. The Hall–Kier alpha value is -2.54. The smallest absolute Gasteiger partial charge is 0.303 e. The molecule has 1 saturated heterocycles. The van der Waals surface area contributed by atoms with E-state index in [1.807, 2.05) is 30.3 Å². The van der Waals surface area contributed by atoms with Crippen molar-refractivity contribution in [2.24, 2.45) is 0 Å². The van der Waals surface area contributed by atoms with Gasteiger partial charge in [-0.05, 0) is 67.6 Å². The molecule has 2 aromatic carbocycles. The molecular formula is C29H34Cl2N2O4. The molecule has 2 aliphatic rings. The van der Waals surface area contributed by atoms with E-state index in [0.717, 1.165) is 36.4 Å². The molecule has 1 amide bonds. The Morgan fingerprint density at radius 2 is 2.00 bits per heavy atom. The van der Waals surface area contributed by atoms with Crippen LogP contribution in [0.5, 0.6) is 5.75 Å². The van der Waals surface area contributed by atoms with E-state index in [-0.39, 0.29) is 24.3 Å². The number of halogens is 2. The normalized spacial score (nSPS) is 25.6. The van der Waals surface area contributed by atoms with Crippen LogP contribution in [0.3, 0.4) is 0 Å². The fourth-order valence-electron chi connectivity index (χ4n) is 6.18. The summed E-state index contributed by atoms with van der Waals surface area (Å²) in [7, 11) is 1.65. The molecule has 37 heavy (non-hydrogen) atoms. The van der Waals surface area contributed by atoms with E-state index in [1.54, 1.807) is 19.2 Å². The maximum Gasteiger partial charge on any atom is 0.303 e. The number of hydrogen-bond donors (Lipinski definition) is 1. The van der Waals surface area contributed by atoms with Crippen molar-refractivity contribution in [1.82, 2.24) is 10.2 Å². The van der Waals surface area contributed by atoms with Crippen LogP contribution >= 0.6 is 23.2 Å². The summed E-state index contributed by atoms with van der Waals surface area (Å²) in [5.74, 6) is 0.381. The number of methoxy groups -OCH3 is 1. The molecule has 1 N–H and O–H groups in total. The minimum absolute atomic E-state index is 0.0730. The van der Waals surface area contributed by atoms with Crippen LogP contribution in [0.15, 0.2) is 55.1 Å². The van der Waals surface area contributed by atoms with Gasteiger partial charge in [-0.15, -0.1) is 6.58 Å². The fraction of sp³-hybridized carbons (Fsp3) is 0.448. The van der Waals surface area contributed by atoms with Gasteiger partial charge in [-0.3, -0.25) is 14.5 Å². The first-order chi connectivity index (χ1) is 17.7. The van der Waals surface area contributed by atoms with E-state index in [9.17, 15) is 9.59 Å². The average molecular weight is 546 g/mol. The number of nitrogens with zero attached hydrogens (tertiary/aromatic N) is 1. The second-order valence-electron chi connectivity index (χ2n) is 10.1. The Morgan fingerprint density at radius 1 is 1.19 bits per heavy atom. The van der Waals surface area contributed by atoms with Gasteiger partial charge in [0.25, 0.3) is 0 Å². The molecule has 2 aromatic rings. The minimum Gasteiger partial charge on any atom is -0.497 e. The topological polar surface area (TPSA) is 67.9 Å². The number of benzene rings is 2. The SMILES string of the molecule is C=CCN1CCC2(c3cccc(OC)c3)C[C@@H](NC(=O)Cc3ccc(Cl)c(Cl)c3)CCC2(OC(C)=O)C1. The van der Waals surface area contributed by atoms with Gasteiger partial charge in [-0.25, -0.2) is 0 Å². The molecule has 1 aliphatic carbocycles. The molecular weight excluding hydrogens is 511 g/mol. The molecule has 1 saturated carbocycles. The van der Waals surface area contributed by atoms with E-state index >= 15 is 0 Å². The number of hydrogen-bond acceptors (Lipinski definition) is 5. The Kier molecular flexibility index (Phi) is 8.52. The van der Waals surface area contributed by atoms with Gasteiger partial charge in [0.2, 0.25) is 5.91 Å². The highest BCUT2D eigenvalue weighted by Crippen LogP contribution is 2.54. The third kappa shape index (κ3) is 5.82. The van der Waals surface area contributed by atoms with Crippen molar-refractivity contribution >= 4 is 35.1 Å². The van der Waals surface area contributed by atoms with E-state index in [4.69, 9.17) is 32.7 Å². The van der Waals surface area contributed by atoms with Gasteiger partial charge in [0, 0.05) is 31.5 Å². The first-order valence-electron chi connectivity index (χ1n) is 12.6. The maximum absolute atomic E-state index is 13.1. The lowest BCUT2D eigenvalue weighted by Gasteiger charge is -2.59. The van der Waals surface area contributed by atoms with Crippen LogP contribution in [0.2, 0.25) is 10.0 Å². The first kappa shape index (κ1) is 27.5. The summed E-state index contributed by atoms with van der Waals surface area (Å²) in [6, 6.07) is 13.2. The van der Waals surface area contributed by atoms with E-state index in [1.165, 1.54) is 6.92 Å². The Balaban J connectivity index is 1.65. The van der Waals surface area contributed by atoms with Crippen LogP contribution in [0.4, 0.5) is 0 Å². The number of carbonyl (C=O) groups is 2. The molecule has 1 heterocycles. The highest BCUT2D eigenvalue weighted by molar-refractivity contribution is 6.42. The molecule has 0 bridgehead atoms. The molecule has 2 unspecified atom stereocenters. The number of piperidine rings is 1. The molecule has 2 fully saturated rings. The highest BCUT2D eigenvalue weighted by Gasteiger charge is 2.60. The van der Waals surface area contributed by atoms with Crippen LogP contribution in [0, 0.1) is 0 Å². The lowest BCUT2D eigenvalue weighted by atomic mass is 9.55. The molecule has 8 heteroatoms. The largest absolute Gasteiger partial charge is 0.497 e. The van der Waals surface area contributed by atoms with Gasteiger partial charge in [0.15, 0.2) is 0 Å². The molecule has 0 radical (unpaired) electrons. The van der Waals surface area contributed by atoms with Crippen LogP contribution < -0.4 is 10.1 Å². The van der Waals surface area contributed by atoms with Gasteiger partial charge in [0.05, 0.1) is 23.6 Å². The fourth-order valence-corrected chi connectivity index (χ4v) is 6.50. The Bertz CT molecular complexity index is 1170. The minimum atomic E-state index is -0.725. The maximum atomic E-state index is 13.1. The zero-order chi connectivity index (χ0) is 26.6. The van der Waals surface area contributed by atoms with Crippen molar-refractivity contribution in [2.75, 3.05) is 26.7 Å². The second kappa shape index (κ2) is 11.5. The molecule has 0 spiro atoms. The number of likely N-dealkylation sites (tertiary alicyclic amines) is 1. The molecule has 1 aliphatic heterocycles. The lowest BCUT2D eigenvalue weighted by Crippen LogP contribution is -2.68. The molecule has 198 valence electrons. The van der Waals surface area contributed by atoms with E-state index in [0.29, 0.717) is 35.9 Å².